The van der Waals surface area contributed by atoms with Crippen LogP contribution in [0.5, 0.6) is 0 Å². The van der Waals surface area contributed by atoms with Crippen molar-refractivity contribution in [1.29, 1.82) is 0 Å². The lowest BCUT2D eigenvalue weighted by Crippen LogP contribution is -2.48. The van der Waals surface area contributed by atoms with E-state index in [1.807, 2.05) is 65.6 Å². The molecule has 1 saturated carbocycles. The van der Waals surface area contributed by atoms with Gasteiger partial charge in [0.2, 0.25) is 11.8 Å². The van der Waals surface area contributed by atoms with E-state index in [1.54, 1.807) is 12.1 Å². The minimum Gasteiger partial charge on any atom is -0.378 e. The number of rotatable bonds is 10. The molecule has 12 nitrogen and oxygen atoms in total. The van der Waals surface area contributed by atoms with Crippen LogP contribution in [0.4, 0.5) is 5.69 Å². The van der Waals surface area contributed by atoms with Gasteiger partial charge in [-0.1, -0.05) is 36.4 Å². The maximum absolute atomic E-state index is 13.7. The van der Waals surface area contributed by atoms with Gasteiger partial charge in [0.1, 0.15) is 6.04 Å². The van der Waals surface area contributed by atoms with Crippen molar-refractivity contribution < 1.29 is 19.1 Å². The van der Waals surface area contributed by atoms with Gasteiger partial charge in [0.05, 0.1) is 13.2 Å². The molecule has 2 fully saturated rings. The topological polar surface area (TPSA) is 168 Å². The molecule has 2 heterocycles. The molecule has 13 heteroatoms. The van der Waals surface area contributed by atoms with E-state index in [0.29, 0.717) is 55.8 Å². The summed E-state index contributed by atoms with van der Waals surface area (Å²) in [4.78, 5) is 42.1. The zero-order valence-corrected chi connectivity index (χ0v) is 27.5. The van der Waals surface area contributed by atoms with E-state index >= 15 is 0 Å². The number of anilines is 1. The lowest BCUT2D eigenvalue weighted by Gasteiger charge is -2.28. The fraction of sp³-hybridized carbons (Fsp3) is 0.371. The Morgan fingerprint density at radius 1 is 0.917 bits per heavy atom. The lowest BCUT2D eigenvalue weighted by molar-refractivity contribution is -0.130. The Kier molecular flexibility index (Phi) is 11.9. The summed E-state index contributed by atoms with van der Waals surface area (Å²) in [5, 5.41) is 19.9. The second kappa shape index (κ2) is 16.4. The summed E-state index contributed by atoms with van der Waals surface area (Å²) < 4.78 is 5.40. The van der Waals surface area contributed by atoms with E-state index < -0.39 is 6.04 Å². The quantitative estimate of drug-likeness (QED) is 0.197. The zero-order chi connectivity index (χ0) is 32.6. The molecule has 1 aliphatic carbocycles. The van der Waals surface area contributed by atoms with Gasteiger partial charge in [-0.25, -0.2) is 5.10 Å². The van der Waals surface area contributed by atoms with Crippen LogP contribution in [0.3, 0.4) is 0 Å². The minimum atomic E-state index is -0.808. The first-order valence-electron chi connectivity index (χ1n) is 16.2. The fourth-order valence-corrected chi connectivity index (χ4v) is 6.28. The highest BCUT2D eigenvalue weighted by Crippen LogP contribution is 2.29. The Bertz CT molecular complexity index is 1670. The highest BCUT2D eigenvalue weighted by atomic mass is 35.5. The third-order valence-corrected chi connectivity index (χ3v) is 9.06. The maximum atomic E-state index is 13.7. The second-order valence-electron chi connectivity index (χ2n) is 12.2. The predicted molar refractivity (Wildman–Crippen MR) is 184 cm³/mol. The zero-order valence-electron chi connectivity index (χ0n) is 26.6. The van der Waals surface area contributed by atoms with Gasteiger partial charge >= 0.3 is 0 Å². The number of halogens is 1. The van der Waals surface area contributed by atoms with Crippen molar-refractivity contribution in [2.45, 2.75) is 38.1 Å². The van der Waals surface area contributed by atoms with Crippen molar-refractivity contribution in [2.24, 2.45) is 17.6 Å². The normalized spacial score (nSPS) is 18.3. The molecule has 4 aromatic rings. The Morgan fingerprint density at radius 2 is 1.62 bits per heavy atom. The minimum absolute atomic E-state index is 0. The third-order valence-electron chi connectivity index (χ3n) is 9.06. The summed E-state index contributed by atoms with van der Waals surface area (Å²) in [7, 11) is 0. The molecule has 2 aliphatic rings. The molecule has 0 unspecified atom stereocenters. The standard InChI is InChI=1S/C35H40N8O4.ClH/c36-22-23-7-9-26(10-8-23)33(44)38-31(34(45)37-30-13-11-25(12-14-30)32-39-41-42-40-32)20-24-3-1-4-27(19-24)28-5-2-6-29(21-28)35(46)43-15-17-47-18-16-43;/h1-6,11-14,19,21,23,26,31H,7-10,15-18,20,22,36H2,(H,37,45)(H,38,44)(H,39,40,41,42);1H/t23-,26-,31-;/m0./s1. The number of aromatic amines is 1. The molecule has 1 saturated heterocycles. The van der Waals surface area contributed by atoms with Crippen LogP contribution in [0.25, 0.3) is 22.5 Å². The average Bonchev–Trinajstić information content (AvgIpc) is 3.67. The Balaban J connectivity index is 0.00000451. The molecular formula is C35H41ClN8O4. The molecule has 1 aliphatic heterocycles. The number of benzene rings is 3. The predicted octanol–water partition coefficient (Wildman–Crippen LogP) is 3.86. The third kappa shape index (κ3) is 8.62. The first kappa shape index (κ1) is 34.7. The van der Waals surface area contributed by atoms with Crippen LogP contribution in [0, 0.1) is 11.8 Å². The summed E-state index contributed by atoms with van der Waals surface area (Å²) in [6.07, 6.45) is 3.63. The van der Waals surface area contributed by atoms with Crippen molar-refractivity contribution in [3.05, 3.63) is 83.9 Å². The van der Waals surface area contributed by atoms with Crippen LogP contribution < -0.4 is 16.4 Å². The van der Waals surface area contributed by atoms with Crippen molar-refractivity contribution >= 4 is 35.8 Å². The number of H-pyrrole nitrogens is 1. The molecule has 5 N–H and O–H groups in total. The Hall–Kier alpha value is -4.65. The highest BCUT2D eigenvalue weighted by molar-refractivity contribution is 5.98. The second-order valence-corrected chi connectivity index (χ2v) is 12.2. The van der Waals surface area contributed by atoms with Crippen LogP contribution in [0.1, 0.15) is 41.6 Å². The van der Waals surface area contributed by atoms with Gasteiger partial charge in [-0.2, -0.15) is 0 Å². The molecular weight excluding hydrogens is 632 g/mol. The molecule has 48 heavy (non-hydrogen) atoms. The summed E-state index contributed by atoms with van der Waals surface area (Å²) in [6, 6.07) is 21.8. The molecule has 252 valence electrons. The monoisotopic (exact) mass is 672 g/mol. The lowest BCUT2D eigenvalue weighted by atomic mass is 9.81. The fourth-order valence-electron chi connectivity index (χ4n) is 6.28. The van der Waals surface area contributed by atoms with E-state index in [1.165, 1.54) is 0 Å². The number of hydrogen-bond acceptors (Lipinski definition) is 8. The molecule has 0 radical (unpaired) electrons. The van der Waals surface area contributed by atoms with Crippen LogP contribution in [0.15, 0.2) is 72.8 Å². The number of carbonyl (C=O) groups is 3. The summed E-state index contributed by atoms with van der Waals surface area (Å²) in [5.41, 5.74) is 10.5. The van der Waals surface area contributed by atoms with Crippen molar-refractivity contribution in [1.82, 2.24) is 30.8 Å². The van der Waals surface area contributed by atoms with Gasteiger partial charge in [-0.3, -0.25) is 14.4 Å². The molecule has 1 atom stereocenters. The van der Waals surface area contributed by atoms with E-state index in [4.69, 9.17) is 10.5 Å². The smallest absolute Gasteiger partial charge is 0.254 e. The number of nitrogens with two attached hydrogens (primary N) is 1. The van der Waals surface area contributed by atoms with Crippen LogP contribution >= 0.6 is 12.4 Å². The number of hydrogen-bond donors (Lipinski definition) is 4. The molecule has 0 bridgehead atoms. The first-order chi connectivity index (χ1) is 23.0. The number of nitrogens with zero attached hydrogens (tertiary/aromatic N) is 4. The molecule has 0 spiro atoms. The highest BCUT2D eigenvalue weighted by Gasteiger charge is 2.29. The number of ether oxygens (including phenoxy) is 1. The van der Waals surface area contributed by atoms with Crippen LogP contribution in [-0.2, 0) is 20.7 Å². The van der Waals surface area contributed by atoms with Gasteiger partial charge in [-0.15, -0.1) is 17.5 Å². The van der Waals surface area contributed by atoms with E-state index in [9.17, 15) is 14.4 Å². The van der Waals surface area contributed by atoms with Gasteiger partial charge in [-0.05, 0) is 102 Å². The van der Waals surface area contributed by atoms with Crippen molar-refractivity contribution in [2.75, 3.05) is 38.2 Å². The SMILES string of the molecule is Cl.NC[C@H]1CC[C@H](C(=O)N[C@@H](Cc2cccc(-c3cccc(C(=O)N4CCOCC4)c3)c2)C(=O)Nc2ccc(-c3nnn[nH]3)cc2)CC1. The van der Waals surface area contributed by atoms with E-state index in [0.717, 1.165) is 47.9 Å². The summed E-state index contributed by atoms with van der Waals surface area (Å²) in [6.45, 7) is 2.86. The first-order valence-corrected chi connectivity index (χ1v) is 16.2. The Labute approximate surface area is 285 Å². The number of tetrazole rings is 1. The average molecular weight is 673 g/mol. The van der Waals surface area contributed by atoms with E-state index in [-0.39, 0.29) is 42.5 Å². The van der Waals surface area contributed by atoms with Crippen LogP contribution in [-0.4, -0.2) is 82.1 Å². The van der Waals surface area contributed by atoms with Crippen molar-refractivity contribution in [3.63, 3.8) is 0 Å². The number of carbonyl (C=O) groups excluding carboxylic acids is 3. The van der Waals surface area contributed by atoms with Crippen molar-refractivity contribution in [3.8, 4) is 22.5 Å². The molecule has 6 rings (SSSR count). The molecule has 1 aromatic heterocycles. The van der Waals surface area contributed by atoms with Gasteiger partial charge in [0, 0.05) is 42.2 Å². The maximum Gasteiger partial charge on any atom is 0.254 e. The number of nitrogens with one attached hydrogen (secondary N) is 3. The van der Waals surface area contributed by atoms with Gasteiger partial charge in [0.25, 0.3) is 5.91 Å². The van der Waals surface area contributed by atoms with Gasteiger partial charge in [0.15, 0.2) is 5.82 Å². The Morgan fingerprint density at radius 3 is 2.31 bits per heavy atom. The molecule has 3 aromatic carbocycles. The number of morpholine rings is 1. The summed E-state index contributed by atoms with van der Waals surface area (Å²) >= 11 is 0. The molecule has 3 amide bonds. The number of aromatic nitrogens is 4. The van der Waals surface area contributed by atoms with Gasteiger partial charge < -0.3 is 26.0 Å². The van der Waals surface area contributed by atoms with E-state index in [2.05, 4.69) is 31.3 Å². The van der Waals surface area contributed by atoms with Crippen LogP contribution in [0.2, 0.25) is 0 Å². The number of amides is 3. The largest absolute Gasteiger partial charge is 0.378 e. The summed E-state index contributed by atoms with van der Waals surface area (Å²) in [5.74, 6) is 0.371.